The topological polar surface area (TPSA) is 74.8 Å². The zero-order valence-electron chi connectivity index (χ0n) is 24.4. The Morgan fingerprint density at radius 2 is 0.630 bits per heavy atom. The Morgan fingerprint density at radius 3 is 1.04 bits per heavy atom. The van der Waals surface area contributed by atoms with Crippen molar-refractivity contribution in [3.05, 3.63) is 168 Å². The summed E-state index contributed by atoms with van der Waals surface area (Å²) in [5.74, 6) is -1.61. The smallest absolute Gasteiger partial charge is 0.266 e. The highest BCUT2D eigenvalue weighted by atomic mass is 16.2. The molecular formula is C40H24N2O4. The van der Waals surface area contributed by atoms with E-state index in [9.17, 15) is 19.2 Å². The maximum atomic E-state index is 13.8. The normalized spacial score (nSPS) is 13.7. The number of anilines is 2. The number of fused-ring (bicyclic) bond motifs is 2. The highest BCUT2D eigenvalue weighted by molar-refractivity contribution is 6.36. The number of carbonyl (C=O) groups is 4. The number of para-hydroxylation sites is 2. The third kappa shape index (κ3) is 4.19. The average Bonchev–Trinajstić information content (AvgIpc) is 3.51. The van der Waals surface area contributed by atoms with Gasteiger partial charge in [0.05, 0.1) is 33.6 Å². The molecule has 6 heteroatoms. The number of nitrogens with zero attached hydrogens (tertiary/aromatic N) is 2. The van der Waals surface area contributed by atoms with Crippen molar-refractivity contribution >= 4 is 35.0 Å². The zero-order chi connectivity index (χ0) is 31.4. The molecule has 0 aromatic heterocycles. The maximum absolute atomic E-state index is 13.8. The summed E-state index contributed by atoms with van der Waals surface area (Å²) < 4.78 is 0. The predicted octanol–water partition coefficient (Wildman–Crippen LogP) is 8.29. The average molecular weight is 597 g/mol. The lowest BCUT2D eigenvalue weighted by Crippen LogP contribution is -2.29. The quantitative estimate of drug-likeness (QED) is 0.188. The molecule has 0 aliphatic carbocycles. The molecule has 6 aromatic carbocycles. The van der Waals surface area contributed by atoms with Gasteiger partial charge in [-0.3, -0.25) is 19.2 Å². The molecule has 218 valence electrons. The van der Waals surface area contributed by atoms with Crippen LogP contribution in [0.3, 0.4) is 0 Å². The van der Waals surface area contributed by atoms with Crippen molar-refractivity contribution in [3.8, 4) is 33.4 Å². The second-order valence-corrected chi connectivity index (χ2v) is 11.2. The van der Waals surface area contributed by atoms with Crippen LogP contribution in [-0.2, 0) is 0 Å². The van der Waals surface area contributed by atoms with Gasteiger partial charge in [-0.15, -0.1) is 0 Å². The number of imide groups is 2. The Balaban J connectivity index is 1.14. The minimum atomic E-state index is -0.415. The van der Waals surface area contributed by atoms with Gasteiger partial charge in [0, 0.05) is 11.1 Å². The Bertz CT molecular complexity index is 2080. The second kappa shape index (κ2) is 10.6. The monoisotopic (exact) mass is 596 g/mol. The van der Waals surface area contributed by atoms with E-state index < -0.39 is 23.6 Å². The van der Waals surface area contributed by atoms with Gasteiger partial charge in [0.2, 0.25) is 0 Å². The Morgan fingerprint density at radius 1 is 0.283 bits per heavy atom. The number of rotatable bonds is 5. The summed E-state index contributed by atoms with van der Waals surface area (Å²) in [5, 5.41) is 0. The van der Waals surface area contributed by atoms with E-state index in [1.54, 1.807) is 60.7 Å². The summed E-state index contributed by atoms with van der Waals surface area (Å²) in [7, 11) is 0. The molecule has 0 saturated carbocycles. The van der Waals surface area contributed by atoms with E-state index in [4.69, 9.17) is 0 Å². The molecule has 46 heavy (non-hydrogen) atoms. The molecule has 0 radical (unpaired) electrons. The van der Waals surface area contributed by atoms with Gasteiger partial charge in [-0.05, 0) is 58.7 Å². The van der Waals surface area contributed by atoms with Crippen molar-refractivity contribution in [2.24, 2.45) is 0 Å². The molecule has 2 heterocycles. The van der Waals surface area contributed by atoms with E-state index in [1.807, 2.05) is 84.9 Å². The van der Waals surface area contributed by atoms with Gasteiger partial charge in [0.25, 0.3) is 23.6 Å². The Labute approximate surface area is 264 Å². The zero-order valence-corrected chi connectivity index (χ0v) is 24.4. The van der Waals surface area contributed by atoms with Crippen molar-refractivity contribution in [3.63, 3.8) is 0 Å². The van der Waals surface area contributed by atoms with Crippen LogP contribution in [0.5, 0.6) is 0 Å². The van der Waals surface area contributed by atoms with E-state index in [0.717, 1.165) is 22.3 Å². The minimum absolute atomic E-state index is 0.284. The van der Waals surface area contributed by atoms with Gasteiger partial charge in [0.1, 0.15) is 0 Å². The van der Waals surface area contributed by atoms with E-state index in [2.05, 4.69) is 0 Å². The molecule has 4 amide bonds. The largest absolute Gasteiger partial charge is 0.268 e. The minimum Gasteiger partial charge on any atom is -0.268 e. The first-order valence-electron chi connectivity index (χ1n) is 14.9. The molecule has 0 unspecified atom stereocenters. The summed E-state index contributed by atoms with van der Waals surface area (Å²) in [4.78, 5) is 57.2. The molecule has 8 rings (SSSR count). The fourth-order valence-corrected chi connectivity index (χ4v) is 6.34. The molecule has 0 spiro atoms. The summed E-state index contributed by atoms with van der Waals surface area (Å²) in [6, 6.07) is 44.2. The van der Waals surface area contributed by atoms with Crippen LogP contribution in [0.15, 0.2) is 146 Å². The standard InChI is InChI=1S/C40H24N2O4/c43-37-31-21-19-27(23-33(31)39(45)41(37)35-17-9-7-15-29(35)25-11-3-1-4-12-25)28-20-22-32-34(24-28)40(46)42(38(32)44)36-18-10-8-16-30(36)26-13-5-2-6-14-26/h1-24H. The summed E-state index contributed by atoms with van der Waals surface area (Å²) in [6.45, 7) is 0. The number of benzene rings is 6. The highest BCUT2D eigenvalue weighted by Crippen LogP contribution is 2.39. The van der Waals surface area contributed by atoms with Crippen LogP contribution in [0.1, 0.15) is 41.4 Å². The molecule has 6 nitrogen and oxygen atoms in total. The van der Waals surface area contributed by atoms with Crippen molar-refractivity contribution in [2.45, 2.75) is 0 Å². The molecular weight excluding hydrogens is 572 g/mol. The number of amides is 4. The molecule has 0 fully saturated rings. The third-order valence-corrected chi connectivity index (χ3v) is 8.57. The first kappa shape index (κ1) is 27.2. The van der Waals surface area contributed by atoms with Crippen LogP contribution >= 0.6 is 0 Å². The van der Waals surface area contributed by atoms with Crippen molar-refractivity contribution in [1.82, 2.24) is 0 Å². The van der Waals surface area contributed by atoms with Crippen LogP contribution in [0.2, 0.25) is 0 Å². The van der Waals surface area contributed by atoms with Crippen molar-refractivity contribution in [1.29, 1.82) is 0 Å². The van der Waals surface area contributed by atoms with Gasteiger partial charge >= 0.3 is 0 Å². The van der Waals surface area contributed by atoms with E-state index in [-0.39, 0.29) is 11.1 Å². The van der Waals surface area contributed by atoms with Crippen LogP contribution in [0.25, 0.3) is 33.4 Å². The van der Waals surface area contributed by atoms with E-state index in [1.165, 1.54) is 9.80 Å². The molecule has 0 atom stereocenters. The molecule has 2 aliphatic rings. The first-order chi connectivity index (χ1) is 22.5. The first-order valence-corrected chi connectivity index (χ1v) is 14.9. The number of carbonyl (C=O) groups excluding carboxylic acids is 4. The number of hydrogen-bond acceptors (Lipinski definition) is 4. The highest BCUT2D eigenvalue weighted by Gasteiger charge is 2.40. The predicted molar refractivity (Wildman–Crippen MR) is 178 cm³/mol. The van der Waals surface area contributed by atoms with Crippen LogP contribution in [0.4, 0.5) is 11.4 Å². The lowest BCUT2D eigenvalue weighted by Gasteiger charge is -2.18. The van der Waals surface area contributed by atoms with Crippen molar-refractivity contribution < 1.29 is 19.2 Å². The van der Waals surface area contributed by atoms with E-state index >= 15 is 0 Å². The second-order valence-electron chi connectivity index (χ2n) is 11.2. The summed E-state index contributed by atoms with van der Waals surface area (Å²) in [5.41, 5.74) is 6.88. The van der Waals surface area contributed by atoms with Gasteiger partial charge in [0.15, 0.2) is 0 Å². The number of hydrogen-bond donors (Lipinski definition) is 0. The fraction of sp³-hybridized carbons (Fsp3) is 0. The third-order valence-electron chi connectivity index (χ3n) is 8.57. The molecule has 0 saturated heterocycles. The SMILES string of the molecule is O=C1c2ccc(-c3ccc4c(c3)C(=O)N(c3ccccc3-c3ccccc3)C4=O)cc2C(=O)N1c1ccccc1-c1ccccc1. The van der Waals surface area contributed by atoms with Crippen molar-refractivity contribution in [2.75, 3.05) is 9.80 Å². The van der Waals surface area contributed by atoms with Gasteiger partial charge in [-0.25, -0.2) is 9.80 Å². The maximum Gasteiger partial charge on any atom is 0.266 e. The van der Waals surface area contributed by atoms with Crippen LogP contribution < -0.4 is 9.80 Å². The molecule has 6 aromatic rings. The lowest BCUT2D eigenvalue weighted by atomic mass is 9.97. The molecule has 2 aliphatic heterocycles. The van der Waals surface area contributed by atoms with E-state index in [0.29, 0.717) is 33.6 Å². The van der Waals surface area contributed by atoms with Crippen LogP contribution in [0, 0.1) is 0 Å². The van der Waals surface area contributed by atoms with Gasteiger partial charge < -0.3 is 0 Å². The summed E-state index contributed by atoms with van der Waals surface area (Å²) >= 11 is 0. The fourth-order valence-electron chi connectivity index (χ4n) is 6.34. The Hall–Kier alpha value is -6.40. The van der Waals surface area contributed by atoms with Gasteiger partial charge in [-0.1, -0.05) is 109 Å². The van der Waals surface area contributed by atoms with Crippen LogP contribution in [-0.4, -0.2) is 23.6 Å². The summed E-state index contributed by atoms with van der Waals surface area (Å²) in [6.07, 6.45) is 0. The van der Waals surface area contributed by atoms with Gasteiger partial charge in [-0.2, -0.15) is 0 Å². The lowest BCUT2D eigenvalue weighted by molar-refractivity contribution is 0.0910. The Kier molecular flexibility index (Phi) is 6.29. The molecule has 0 bridgehead atoms. The molecule has 0 N–H and O–H groups in total.